The Hall–Kier alpha value is -3.61. The maximum Gasteiger partial charge on any atom is 0.416 e. The van der Waals surface area contributed by atoms with Crippen LogP contribution in [-0.4, -0.2) is 12.5 Å². The molecule has 1 unspecified atom stereocenters. The van der Waals surface area contributed by atoms with Crippen molar-refractivity contribution in [1.29, 1.82) is 0 Å². The minimum absolute atomic E-state index is 0.124. The Morgan fingerprint density at radius 2 is 1.67 bits per heavy atom. The molecule has 0 saturated heterocycles. The number of nitrogens with one attached hydrogen (secondary N) is 2. The van der Waals surface area contributed by atoms with Crippen LogP contribution in [0.5, 0.6) is 0 Å². The SMILES string of the molecule is Fc1ccc(C2CC3=C(NC(NCc4ccc(C(F)(F)F)cc4)=NC3)c3ccccc32)cc1. The normalized spacial score (nSPS) is 17.6. The van der Waals surface area contributed by atoms with Gasteiger partial charge in [0.1, 0.15) is 5.82 Å². The second-order valence-electron chi connectivity index (χ2n) is 8.21. The van der Waals surface area contributed by atoms with E-state index in [4.69, 9.17) is 0 Å². The van der Waals surface area contributed by atoms with Crippen LogP contribution < -0.4 is 10.6 Å². The zero-order valence-corrected chi connectivity index (χ0v) is 17.6. The summed E-state index contributed by atoms with van der Waals surface area (Å²) in [6, 6.07) is 19.9. The number of benzene rings is 3. The van der Waals surface area contributed by atoms with Crippen LogP contribution in [0.25, 0.3) is 5.70 Å². The maximum absolute atomic E-state index is 13.4. The van der Waals surface area contributed by atoms with Crippen LogP contribution in [0.15, 0.2) is 83.4 Å². The second-order valence-corrected chi connectivity index (χ2v) is 8.21. The van der Waals surface area contributed by atoms with Crippen LogP contribution in [0.3, 0.4) is 0 Å². The van der Waals surface area contributed by atoms with Crippen molar-refractivity contribution in [1.82, 2.24) is 10.6 Å². The van der Waals surface area contributed by atoms with Crippen molar-refractivity contribution in [2.75, 3.05) is 6.54 Å². The van der Waals surface area contributed by atoms with Crippen molar-refractivity contribution in [2.24, 2.45) is 4.99 Å². The lowest BCUT2D eigenvalue weighted by atomic mass is 9.77. The van der Waals surface area contributed by atoms with Crippen molar-refractivity contribution in [2.45, 2.75) is 25.1 Å². The number of aliphatic imine (C=N–C) groups is 1. The molecule has 2 aliphatic rings. The first-order valence-electron chi connectivity index (χ1n) is 10.7. The number of alkyl halides is 3. The first kappa shape index (κ1) is 21.2. The molecule has 0 bridgehead atoms. The molecular formula is C26H21F4N3. The van der Waals surface area contributed by atoms with Crippen LogP contribution in [0.2, 0.25) is 0 Å². The lowest BCUT2D eigenvalue weighted by Gasteiger charge is -2.33. The molecule has 1 aliphatic heterocycles. The number of rotatable bonds is 3. The van der Waals surface area contributed by atoms with E-state index >= 15 is 0 Å². The second kappa shape index (κ2) is 8.39. The number of fused-ring (bicyclic) bond motifs is 2. The van der Waals surface area contributed by atoms with Gasteiger partial charge in [-0.05, 0) is 52.9 Å². The van der Waals surface area contributed by atoms with Gasteiger partial charge in [0.15, 0.2) is 5.96 Å². The first-order chi connectivity index (χ1) is 15.9. The largest absolute Gasteiger partial charge is 0.416 e. The highest BCUT2D eigenvalue weighted by molar-refractivity contribution is 5.93. The van der Waals surface area contributed by atoms with Gasteiger partial charge in [-0.25, -0.2) is 9.38 Å². The highest BCUT2D eigenvalue weighted by Gasteiger charge is 2.31. The Bertz CT molecular complexity index is 1230. The molecule has 1 aliphatic carbocycles. The number of hydrogen-bond acceptors (Lipinski definition) is 3. The highest BCUT2D eigenvalue weighted by Crippen LogP contribution is 2.42. The van der Waals surface area contributed by atoms with Crippen LogP contribution >= 0.6 is 0 Å². The molecule has 3 aromatic carbocycles. The van der Waals surface area contributed by atoms with Crippen LogP contribution in [0.4, 0.5) is 17.6 Å². The van der Waals surface area contributed by atoms with Gasteiger partial charge in [-0.1, -0.05) is 48.5 Å². The van der Waals surface area contributed by atoms with E-state index in [-0.39, 0.29) is 11.7 Å². The third-order valence-electron chi connectivity index (χ3n) is 6.09. The summed E-state index contributed by atoms with van der Waals surface area (Å²) in [4.78, 5) is 4.60. The van der Waals surface area contributed by atoms with Crippen molar-refractivity contribution in [3.05, 3.63) is 112 Å². The van der Waals surface area contributed by atoms with Gasteiger partial charge in [0.2, 0.25) is 0 Å². The van der Waals surface area contributed by atoms with Crippen LogP contribution in [-0.2, 0) is 12.7 Å². The molecule has 2 N–H and O–H groups in total. The fraction of sp³-hybridized carbons (Fsp3) is 0.192. The fourth-order valence-corrected chi connectivity index (χ4v) is 4.40. The Kier molecular flexibility index (Phi) is 5.40. The third-order valence-corrected chi connectivity index (χ3v) is 6.09. The topological polar surface area (TPSA) is 36.4 Å². The van der Waals surface area contributed by atoms with Crippen molar-refractivity contribution in [3.63, 3.8) is 0 Å². The zero-order valence-electron chi connectivity index (χ0n) is 17.6. The molecule has 3 nitrogen and oxygen atoms in total. The van der Waals surface area contributed by atoms with Gasteiger partial charge in [0.25, 0.3) is 0 Å². The minimum atomic E-state index is -4.34. The van der Waals surface area contributed by atoms with E-state index in [0.717, 1.165) is 40.9 Å². The van der Waals surface area contributed by atoms with E-state index in [1.54, 1.807) is 0 Å². The molecule has 0 saturated carbocycles. The molecule has 0 radical (unpaired) electrons. The molecule has 0 fully saturated rings. The molecule has 33 heavy (non-hydrogen) atoms. The van der Waals surface area contributed by atoms with Crippen LogP contribution in [0, 0.1) is 5.82 Å². The summed E-state index contributed by atoms with van der Waals surface area (Å²) in [5, 5.41) is 6.57. The first-order valence-corrected chi connectivity index (χ1v) is 10.7. The fourth-order valence-electron chi connectivity index (χ4n) is 4.40. The third kappa shape index (κ3) is 4.35. The number of hydrogen-bond donors (Lipinski definition) is 2. The average Bonchev–Trinajstić information content (AvgIpc) is 2.82. The minimum Gasteiger partial charge on any atom is -0.352 e. The smallest absolute Gasteiger partial charge is 0.352 e. The van der Waals surface area contributed by atoms with Crippen molar-refractivity contribution in [3.8, 4) is 0 Å². The highest BCUT2D eigenvalue weighted by atomic mass is 19.4. The Morgan fingerprint density at radius 1 is 0.939 bits per heavy atom. The maximum atomic E-state index is 13.4. The van der Waals surface area contributed by atoms with E-state index in [9.17, 15) is 17.6 Å². The molecule has 5 rings (SSSR count). The van der Waals surface area contributed by atoms with E-state index < -0.39 is 11.7 Å². The predicted octanol–water partition coefficient (Wildman–Crippen LogP) is 5.84. The van der Waals surface area contributed by atoms with Crippen LogP contribution in [0.1, 0.15) is 40.2 Å². The summed E-state index contributed by atoms with van der Waals surface area (Å²) in [5.41, 5.74) is 5.55. The van der Waals surface area contributed by atoms with Gasteiger partial charge in [-0.3, -0.25) is 0 Å². The summed E-state index contributed by atoms with van der Waals surface area (Å²) in [5.74, 6) is 0.457. The summed E-state index contributed by atoms with van der Waals surface area (Å²) in [6.45, 7) is 0.871. The summed E-state index contributed by atoms with van der Waals surface area (Å²) >= 11 is 0. The number of halogens is 4. The Labute approximate surface area is 188 Å². The molecule has 0 spiro atoms. The molecule has 1 atom stereocenters. The lowest BCUT2D eigenvalue weighted by Crippen LogP contribution is -2.40. The number of guanidine groups is 1. The summed E-state index contributed by atoms with van der Waals surface area (Å²) < 4.78 is 51.7. The monoisotopic (exact) mass is 451 g/mol. The zero-order chi connectivity index (χ0) is 23.0. The lowest BCUT2D eigenvalue weighted by molar-refractivity contribution is -0.137. The van der Waals surface area contributed by atoms with Crippen molar-refractivity contribution < 1.29 is 17.6 Å². The van der Waals surface area contributed by atoms with E-state index in [2.05, 4.69) is 27.8 Å². The molecule has 1 heterocycles. The van der Waals surface area contributed by atoms with Gasteiger partial charge in [0.05, 0.1) is 12.1 Å². The standard InChI is InChI=1S/C26H21F4N3/c27-20-11-7-17(8-12-20)23-13-18-15-32-25(33-24(18)22-4-2-1-3-21(22)23)31-14-16-5-9-19(10-6-16)26(28,29)30/h1-12,23H,13-15H2,(H2,31,32,33). The Balaban J connectivity index is 1.32. The molecule has 0 aromatic heterocycles. The predicted molar refractivity (Wildman–Crippen MR) is 120 cm³/mol. The van der Waals surface area contributed by atoms with Gasteiger partial charge in [-0.2, -0.15) is 13.2 Å². The average molecular weight is 451 g/mol. The summed E-state index contributed by atoms with van der Waals surface area (Å²) in [7, 11) is 0. The summed E-state index contributed by atoms with van der Waals surface area (Å²) in [6.07, 6.45) is -3.56. The van der Waals surface area contributed by atoms with Gasteiger partial charge in [-0.15, -0.1) is 0 Å². The quantitative estimate of drug-likeness (QED) is 0.491. The molecule has 0 amide bonds. The molecule has 7 heteroatoms. The van der Waals surface area contributed by atoms with Gasteiger partial charge in [0, 0.05) is 23.7 Å². The van der Waals surface area contributed by atoms with E-state index in [0.29, 0.717) is 19.0 Å². The van der Waals surface area contributed by atoms with E-state index in [1.165, 1.54) is 35.4 Å². The molecule has 168 valence electrons. The molecular weight excluding hydrogens is 430 g/mol. The van der Waals surface area contributed by atoms with E-state index in [1.807, 2.05) is 24.3 Å². The Morgan fingerprint density at radius 3 is 2.39 bits per heavy atom. The number of nitrogens with zero attached hydrogens (tertiary/aromatic N) is 1. The molecule has 3 aromatic rings. The van der Waals surface area contributed by atoms with Gasteiger partial charge < -0.3 is 10.6 Å². The van der Waals surface area contributed by atoms with Gasteiger partial charge >= 0.3 is 6.18 Å². The van der Waals surface area contributed by atoms with Crippen molar-refractivity contribution >= 4 is 11.7 Å².